The van der Waals surface area contributed by atoms with E-state index in [-0.39, 0.29) is 24.0 Å². The lowest BCUT2D eigenvalue weighted by molar-refractivity contribution is -0.184. The number of likely N-dealkylation sites (tertiary alicyclic amines) is 1. The van der Waals surface area contributed by atoms with E-state index >= 15 is 0 Å². The van der Waals surface area contributed by atoms with E-state index < -0.39 is 20.1 Å². The highest BCUT2D eigenvalue weighted by Gasteiger charge is 2.55. The van der Waals surface area contributed by atoms with Crippen LogP contribution in [0.2, 0.25) is 18.1 Å². The van der Waals surface area contributed by atoms with E-state index in [0.717, 1.165) is 11.1 Å². The monoisotopic (exact) mass is 441 g/mol. The van der Waals surface area contributed by atoms with E-state index in [1.54, 1.807) is 0 Å². The molecule has 0 saturated carbocycles. The predicted octanol–water partition coefficient (Wildman–Crippen LogP) is 4.71. The summed E-state index contributed by atoms with van der Waals surface area (Å²) in [5.74, 6) is -0.113. The van der Waals surface area contributed by atoms with Crippen LogP contribution in [0.25, 0.3) is 0 Å². The molecule has 31 heavy (non-hydrogen) atoms. The predicted molar refractivity (Wildman–Crippen MR) is 125 cm³/mol. The number of carbonyl (C=O) groups is 1. The summed E-state index contributed by atoms with van der Waals surface area (Å²) in [6, 6.07) is 19.6. The Kier molecular flexibility index (Phi) is 7.06. The van der Waals surface area contributed by atoms with Gasteiger partial charge in [-0.05, 0) is 29.3 Å². The third kappa shape index (κ3) is 5.44. The van der Waals surface area contributed by atoms with Crippen LogP contribution in [0.4, 0.5) is 0 Å². The quantitative estimate of drug-likeness (QED) is 0.603. The first kappa shape index (κ1) is 23.7. The van der Waals surface area contributed by atoms with E-state index in [1.165, 1.54) is 4.90 Å². The van der Waals surface area contributed by atoms with Crippen LogP contribution in [0.5, 0.6) is 0 Å². The molecule has 0 spiro atoms. The van der Waals surface area contributed by atoms with Crippen molar-refractivity contribution in [3.05, 3.63) is 71.8 Å². The van der Waals surface area contributed by atoms with Crippen molar-refractivity contribution < 1.29 is 19.1 Å². The van der Waals surface area contributed by atoms with Gasteiger partial charge in [-0.2, -0.15) is 0 Å². The van der Waals surface area contributed by atoms with Gasteiger partial charge in [0, 0.05) is 6.54 Å². The molecular weight excluding hydrogens is 406 g/mol. The Morgan fingerprint density at radius 1 is 1.03 bits per heavy atom. The molecule has 1 N–H and O–H groups in total. The SMILES string of the molecule is CC(C)(C)[Si](C)(C)O[C@H]1CC(=O)N(Cc2ccccc2)C1(O)COCc1ccccc1. The smallest absolute Gasteiger partial charge is 0.228 e. The Labute approximate surface area is 187 Å². The summed E-state index contributed by atoms with van der Waals surface area (Å²) < 4.78 is 12.5. The van der Waals surface area contributed by atoms with Crippen molar-refractivity contribution in [2.24, 2.45) is 0 Å². The maximum Gasteiger partial charge on any atom is 0.228 e. The van der Waals surface area contributed by atoms with Crippen molar-refractivity contribution in [3.63, 3.8) is 0 Å². The van der Waals surface area contributed by atoms with Crippen molar-refractivity contribution in [2.75, 3.05) is 6.61 Å². The largest absolute Gasteiger partial charge is 0.408 e. The first-order valence-electron chi connectivity index (χ1n) is 10.9. The number of hydrogen-bond acceptors (Lipinski definition) is 4. The van der Waals surface area contributed by atoms with Crippen molar-refractivity contribution in [1.82, 2.24) is 4.90 Å². The Bertz CT molecular complexity index is 866. The maximum atomic E-state index is 13.0. The minimum absolute atomic E-state index is 0.000241. The molecule has 1 aliphatic heterocycles. The molecule has 0 radical (unpaired) electrons. The zero-order chi connectivity index (χ0) is 22.7. The second kappa shape index (κ2) is 9.24. The highest BCUT2D eigenvalue weighted by Crippen LogP contribution is 2.42. The molecule has 1 amide bonds. The summed E-state index contributed by atoms with van der Waals surface area (Å²) in [5, 5.41) is 11.8. The van der Waals surface area contributed by atoms with E-state index in [2.05, 4.69) is 33.9 Å². The van der Waals surface area contributed by atoms with Crippen LogP contribution >= 0.6 is 0 Å². The van der Waals surface area contributed by atoms with Gasteiger partial charge in [-0.3, -0.25) is 4.79 Å². The van der Waals surface area contributed by atoms with E-state index in [1.807, 2.05) is 60.7 Å². The number of rotatable bonds is 8. The summed E-state index contributed by atoms with van der Waals surface area (Å²) in [6.45, 7) is 11.4. The van der Waals surface area contributed by atoms with Crippen molar-refractivity contribution in [1.29, 1.82) is 0 Å². The third-order valence-electron chi connectivity index (χ3n) is 6.50. The molecule has 168 valence electrons. The zero-order valence-electron chi connectivity index (χ0n) is 19.3. The molecule has 0 aliphatic carbocycles. The summed E-state index contributed by atoms with van der Waals surface area (Å²) in [4.78, 5) is 14.6. The minimum atomic E-state index is -2.21. The number of aliphatic hydroxyl groups is 1. The molecule has 6 heteroatoms. The molecule has 0 bridgehead atoms. The molecule has 1 saturated heterocycles. The molecule has 3 rings (SSSR count). The molecule has 2 aromatic carbocycles. The third-order valence-corrected chi connectivity index (χ3v) is 11.0. The molecule has 0 aromatic heterocycles. The molecule has 1 heterocycles. The van der Waals surface area contributed by atoms with Gasteiger partial charge in [-0.1, -0.05) is 81.4 Å². The fourth-order valence-electron chi connectivity index (χ4n) is 3.55. The normalized spacial score (nSPS) is 22.2. The first-order valence-corrected chi connectivity index (χ1v) is 13.8. The Balaban J connectivity index is 1.83. The lowest BCUT2D eigenvalue weighted by atomic mass is 10.1. The molecule has 1 fully saturated rings. The number of benzene rings is 2. The maximum absolute atomic E-state index is 13.0. The Morgan fingerprint density at radius 2 is 1.58 bits per heavy atom. The van der Waals surface area contributed by atoms with Crippen LogP contribution < -0.4 is 0 Å². The molecular formula is C25H35NO4Si. The zero-order valence-corrected chi connectivity index (χ0v) is 20.3. The van der Waals surface area contributed by atoms with Crippen LogP contribution in [0.3, 0.4) is 0 Å². The van der Waals surface area contributed by atoms with E-state index in [0.29, 0.717) is 13.2 Å². The average molecular weight is 442 g/mol. The van der Waals surface area contributed by atoms with Gasteiger partial charge >= 0.3 is 0 Å². The lowest BCUT2D eigenvalue weighted by Crippen LogP contribution is -2.58. The molecule has 2 atom stereocenters. The number of hydrogen-bond donors (Lipinski definition) is 1. The summed E-state index contributed by atoms with van der Waals surface area (Å²) in [6.07, 6.45) is -0.467. The molecule has 5 nitrogen and oxygen atoms in total. The molecule has 1 aliphatic rings. The number of nitrogens with zero attached hydrogens (tertiary/aromatic N) is 1. The first-order chi connectivity index (χ1) is 14.5. The Morgan fingerprint density at radius 3 is 2.13 bits per heavy atom. The molecule has 1 unspecified atom stereocenters. The van der Waals surface area contributed by atoms with Gasteiger partial charge in [0.2, 0.25) is 5.91 Å². The van der Waals surface area contributed by atoms with Gasteiger partial charge in [0.1, 0.15) is 6.10 Å². The van der Waals surface area contributed by atoms with E-state index in [4.69, 9.17) is 9.16 Å². The molecule has 2 aromatic rings. The second-order valence-electron chi connectivity index (χ2n) is 9.89. The van der Waals surface area contributed by atoms with Crippen molar-refractivity contribution in [3.8, 4) is 0 Å². The summed E-state index contributed by atoms with van der Waals surface area (Å²) in [5.41, 5.74) is 0.467. The number of amides is 1. The average Bonchev–Trinajstić information content (AvgIpc) is 2.93. The van der Waals surface area contributed by atoms with Crippen LogP contribution in [0, 0.1) is 0 Å². The van der Waals surface area contributed by atoms with Gasteiger partial charge in [-0.25, -0.2) is 0 Å². The van der Waals surface area contributed by atoms with Crippen molar-refractivity contribution in [2.45, 2.75) is 70.3 Å². The van der Waals surface area contributed by atoms with Gasteiger partial charge in [0.05, 0.1) is 19.6 Å². The number of carbonyl (C=O) groups excluding carboxylic acids is 1. The number of ether oxygens (including phenoxy) is 1. The van der Waals surface area contributed by atoms with Gasteiger partial charge in [-0.15, -0.1) is 0 Å². The topological polar surface area (TPSA) is 59.0 Å². The fourth-order valence-corrected chi connectivity index (χ4v) is 4.88. The van der Waals surface area contributed by atoms with Crippen LogP contribution in [0.1, 0.15) is 38.3 Å². The van der Waals surface area contributed by atoms with E-state index in [9.17, 15) is 9.90 Å². The van der Waals surface area contributed by atoms with Crippen LogP contribution in [-0.4, -0.2) is 42.7 Å². The lowest BCUT2D eigenvalue weighted by Gasteiger charge is -2.43. The standard InChI is InChI=1S/C25H35NO4Si/c1-24(2,3)31(4,5)30-22-16-23(27)26(17-20-12-8-6-9-13-20)25(22,28)19-29-18-21-14-10-7-11-15-21/h6-15,22,28H,16-19H2,1-5H3/t22-,25?/m0/s1. The van der Waals surface area contributed by atoms with Crippen molar-refractivity contribution >= 4 is 14.2 Å². The second-order valence-corrected chi connectivity index (χ2v) is 14.6. The van der Waals surface area contributed by atoms with Gasteiger partial charge < -0.3 is 19.2 Å². The highest BCUT2D eigenvalue weighted by molar-refractivity contribution is 6.74. The summed E-state index contributed by atoms with van der Waals surface area (Å²) in [7, 11) is -2.21. The minimum Gasteiger partial charge on any atom is -0.408 e. The Hall–Kier alpha value is -1.99. The highest BCUT2D eigenvalue weighted by atomic mass is 28.4. The van der Waals surface area contributed by atoms with Gasteiger partial charge in [0.15, 0.2) is 14.0 Å². The fraction of sp³-hybridized carbons (Fsp3) is 0.480. The van der Waals surface area contributed by atoms with Crippen LogP contribution in [-0.2, 0) is 27.1 Å². The van der Waals surface area contributed by atoms with Crippen LogP contribution in [0.15, 0.2) is 60.7 Å². The van der Waals surface area contributed by atoms with Gasteiger partial charge in [0.25, 0.3) is 0 Å². The summed E-state index contributed by atoms with van der Waals surface area (Å²) >= 11 is 0.